The van der Waals surface area contributed by atoms with Crippen LogP contribution in [0.5, 0.6) is 0 Å². The largest absolute Gasteiger partial charge is 0.349 e. The normalized spacial score (nSPS) is 33.8. The van der Waals surface area contributed by atoms with Crippen LogP contribution in [0, 0.1) is 5.41 Å². The van der Waals surface area contributed by atoms with Gasteiger partial charge in [-0.15, -0.1) is 0 Å². The summed E-state index contributed by atoms with van der Waals surface area (Å²) in [5.41, 5.74) is 0.247. The van der Waals surface area contributed by atoms with E-state index in [0.717, 1.165) is 6.61 Å². The molecule has 0 aromatic carbocycles. The quantitative estimate of drug-likeness (QED) is 0.555. The number of rotatable bonds is 0. The van der Waals surface area contributed by atoms with E-state index in [1.54, 1.807) is 0 Å². The van der Waals surface area contributed by atoms with Crippen molar-refractivity contribution < 1.29 is 9.47 Å². The van der Waals surface area contributed by atoms with Crippen molar-refractivity contribution in [1.82, 2.24) is 0 Å². The van der Waals surface area contributed by atoms with E-state index in [1.165, 1.54) is 19.3 Å². The molecule has 2 fully saturated rings. The van der Waals surface area contributed by atoms with Crippen LogP contribution in [0.25, 0.3) is 0 Å². The highest BCUT2D eigenvalue weighted by molar-refractivity contribution is 4.94. The Morgan fingerprint density at radius 3 is 2.17 bits per heavy atom. The fourth-order valence-electron chi connectivity index (χ4n) is 1.78. The molecule has 1 saturated heterocycles. The molecule has 2 rings (SSSR count). The van der Waals surface area contributed by atoms with Crippen LogP contribution in [0.1, 0.15) is 40.0 Å². The van der Waals surface area contributed by atoms with E-state index in [0.29, 0.717) is 0 Å². The van der Waals surface area contributed by atoms with Gasteiger partial charge in [-0.05, 0) is 19.3 Å². The monoisotopic (exact) mass is 170 g/mol. The molecule has 1 atom stereocenters. The van der Waals surface area contributed by atoms with Gasteiger partial charge in [0.05, 0.1) is 12.2 Å². The third-order valence-electron chi connectivity index (χ3n) is 2.83. The van der Waals surface area contributed by atoms with E-state index >= 15 is 0 Å². The van der Waals surface area contributed by atoms with Gasteiger partial charge in [-0.25, -0.2) is 0 Å². The van der Waals surface area contributed by atoms with Crippen molar-refractivity contribution in [3.63, 3.8) is 0 Å². The molecule has 1 unspecified atom stereocenters. The van der Waals surface area contributed by atoms with Crippen molar-refractivity contribution in [2.75, 3.05) is 6.61 Å². The molecular weight excluding hydrogens is 152 g/mol. The molecule has 0 N–H and O–H groups in total. The highest BCUT2D eigenvalue weighted by Gasteiger charge is 2.48. The van der Waals surface area contributed by atoms with E-state index in [-0.39, 0.29) is 17.3 Å². The third-order valence-corrected chi connectivity index (χ3v) is 2.83. The lowest BCUT2D eigenvalue weighted by Crippen LogP contribution is -2.41. The molecule has 2 aliphatic rings. The first-order valence-corrected chi connectivity index (χ1v) is 4.81. The predicted octanol–water partition coefficient (Wildman–Crippen LogP) is 2.33. The molecule has 12 heavy (non-hydrogen) atoms. The molecule has 0 aromatic heterocycles. The zero-order valence-corrected chi connectivity index (χ0v) is 8.22. The van der Waals surface area contributed by atoms with Crippen LogP contribution in [0.2, 0.25) is 0 Å². The lowest BCUT2D eigenvalue weighted by atomic mass is 9.81. The summed E-state index contributed by atoms with van der Waals surface area (Å²) in [5, 5.41) is 0. The minimum atomic E-state index is 0.0119. The molecular formula is C10H18O2. The summed E-state index contributed by atoms with van der Waals surface area (Å²) in [6.45, 7) is 7.30. The van der Waals surface area contributed by atoms with Gasteiger partial charge in [-0.2, -0.15) is 0 Å². The van der Waals surface area contributed by atoms with Crippen LogP contribution in [0.4, 0.5) is 0 Å². The van der Waals surface area contributed by atoms with Crippen LogP contribution in [0.15, 0.2) is 0 Å². The first-order chi connectivity index (χ1) is 5.52. The summed E-state index contributed by atoms with van der Waals surface area (Å²) in [4.78, 5) is 0. The molecule has 0 bridgehead atoms. The summed E-state index contributed by atoms with van der Waals surface area (Å²) in [5.74, 6) is 0. The van der Waals surface area contributed by atoms with Gasteiger partial charge in [0.15, 0.2) is 6.29 Å². The second-order valence-corrected chi connectivity index (χ2v) is 5.16. The standard InChI is InChI=1S/C10H18O2/c1-9(2,3)8-11-7-10(12-8)5-4-6-10/h8H,4-7H2,1-3H3. The van der Waals surface area contributed by atoms with Gasteiger partial charge in [0.1, 0.15) is 0 Å². The lowest BCUT2D eigenvalue weighted by molar-refractivity contribution is -0.162. The molecule has 0 aromatic rings. The Morgan fingerprint density at radius 2 is 1.92 bits per heavy atom. The molecule has 1 spiro atoms. The van der Waals surface area contributed by atoms with Crippen molar-refractivity contribution in [2.24, 2.45) is 5.41 Å². The molecule has 1 heterocycles. The Labute approximate surface area is 74.2 Å². The average Bonchev–Trinajstić information content (AvgIpc) is 2.26. The molecule has 1 aliphatic heterocycles. The fraction of sp³-hybridized carbons (Fsp3) is 1.00. The average molecular weight is 170 g/mol. The van der Waals surface area contributed by atoms with Crippen molar-refractivity contribution in [1.29, 1.82) is 0 Å². The predicted molar refractivity (Wildman–Crippen MR) is 46.9 cm³/mol. The molecule has 1 aliphatic carbocycles. The van der Waals surface area contributed by atoms with Crippen molar-refractivity contribution in [3.8, 4) is 0 Å². The van der Waals surface area contributed by atoms with Crippen molar-refractivity contribution >= 4 is 0 Å². The molecule has 0 amide bonds. The lowest BCUT2D eigenvalue weighted by Gasteiger charge is -2.37. The first-order valence-electron chi connectivity index (χ1n) is 4.81. The van der Waals surface area contributed by atoms with Crippen molar-refractivity contribution in [2.45, 2.75) is 51.9 Å². The van der Waals surface area contributed by atoms with Gasteiger partial charge < -0.3 is 9.47 Å². The van der Waals surface area contributed by atoms with Gasteiger partial charge in [0.25, 0.3) is 0 Å². The van der Waals surface area contributed by atoms with E-state index in [4.69, 9.17) is 9.47 Å². The number of hydrogen-bond acceptors (Lipinski definition) is 2. The Kier molecular flexibility index (Phi) is 1.74. The highest BCUT2D eigenvalue weighted by Crippen LogP contribution is 2.44. The van der Waals surface area contributed by atoms with Gasteiger partial charge in [-0.3, -0.25) is 0 Å². The van der Waals surface area contributed by atoms with Gasteiger partial charge >= 0.3 is 0 Å². The maximum Gasteiger partial charge on any atom is 0.163 e. The Bertz CT molecular complexity index is 177. The minimum absolute atomic E-state index is 0.0119. The van der Waals surface area contributed by atoms with Crippen LogP contribution in [-0.4, -0.2) is 18.5 Å². The zero-order chi connectivity index (χ0) is 8.82. The van der Waals surface area contributed by atoms with Gasteiger partial charge in [-0.1, -0.05) is 20.8 Å². The molecule has 2 heteroatoms. The molecule has 1 saturated carbocycles. The summed E-state index contributed by atoms with van der Waals surface area (Å²) < 4.78 is 11.6. The fourth-order valence-corrected chi connectivity index (χ4v) is 1.78. The van der Waals surface area contributed by atoms with Crippen LogP contribution in [0.3, 0.4) is 0 Å². The van der Waals surface area contributed by atoms with E-state index in [1.807, 2.05) is 0 Å². The van der Waals surface area contributed by atoms with Gasteiger partial charge in [0.2, 0.25) is 0 Å². The Balaban J connectivity index is 1.98. The second-order valence-electron chi connectivity index (χ2n) is 5.16. The third kappa shape index (κ3) is 1.27. The van der Waals surface area contributed by atoms with Crippen LogP contribution in [-0.2, 0) is 9.47 Å². The summed E-state index contributed by atoms with van der Waals surface area (Å²) in [6.07, 6.45) is 3.71. The number of hydrogen-bond donors (Lipinski definition) is 0. The molecule has 70 valence electrons. The van der Waals surface area contributed by atoms with Crippen LogP contribution >= 0.6 is 0 Å². The Hall–Kier alpha value is -0.0800. The SMILES string of the molecule is CC(C)(C)C1OCC2(CCC2)O1. The van der Waals surface area contributed by atoms with E-state index < -0.39 is 0 Å². The van der Waals surface area contributed by atoms with E-state index in [2.05, 4.69) is 20.8 Å². The van der Waals surface area contributed by atoms with Gasteiger partial charge in [0, 0.05) is 5.41 Å². The molecule has 0 radical (unpaired) electrons. The minimum Gasteiger partial charge on any atom is -0.349 e. The zero-order valence-electron chi connectivity index (χ0n) is 8.22. The summed E-state index contributed by atoms with van der Waals surface area (Å²) in [7, 11) is 0. The van der Waals surface area contributed by atoms with Crippen molar-refractivity contribution in [3.05, 3.63) is 0 Å². The first kappa shape index (κ1) is 8.52. The maximum atomic E-state index is 5.93. The van der Waals surface area contributed by atoms with E-state index in [9.17, 15) is 0 Å². The topological polar surface area (TPSA) is 18.5 Å². The number of ether oxygens (including phenoxy) is 2. The summed E-state index contributed by atoms with van der Waals surface area (Å²) >= 11 is 0. The maximum absolute atomic E-state index is 5.93. The second kappa shape index (κ2) is 2.46. The Morgan fingerprint density at radius 1 is 1.25 bits per heavy atom. The summed E-state index contributed by atoms with van der Waals surface area (Å²) in [6, 6.07) is 0. The highest BCUT2D eigenvalue weighted by atomic mass is 16.7. The molecule has 2 nitrogen and oxygen atoms in total. The van der Waals surface area contributed by atoms with Crippen LogP contribution < -0.4 is 0 Å². The smallest absolute Gasteiger partial charge is 0.163 e.